The van der Waals surface area contributed by atoms with Gasteiger partial charge in [0.1, 0.15) is 23.1 Å². The molecule has 8 heteroatoms. The highest BCUT2D eigenvalue weighted by atomic mass is 32.2. The summed E-state index contributed by atoms with van der Waals surface area (Å²) in [6.45, 7) is 5.75. The Morgan fingerprint density at radius 2 is 1.81 bits per heavy atom. The third-order valence-electron chi connectivity index (χ3n) is 6.22. The maximum absolute atomic E-state index is 13.3. The molecule has 174 valence electrons. The lowest BCUT2D eigenvalue weighted by atomic mass is 9.83. The summed E-state index contributed by atoms with van der Waals surface area (Å²) in [5, 5.41) is 3.09. The predicted molar refractivity (Wildman–Crippen MR) is 126 cm³/mol. The first-order chi connectivity index (χ1) is 15.1. The van der Waals surface area contributed by atoms with Crippen molar-refractivity contribution in [3.63, 3.8) is 0 Å². The van der Waals surface area contributed by atoms with Crippen molar-refractivity contribution in [2.45, 2.75) is 57.7 Å². The normalized spacial score (nSPS) is 18.1. The summed E-state index contributed by atoms with van der Waals surface area (Å²) in [6.07, 6.45) is 3.34. The number of nitrogens with one attached hydrogen (secondary N) is 1. The molecule has 1 heterocycles. The Morgan fingerprint density at radius 1 is 1.19 bits per heavy atom. The zero-order valence-corrected chi connectivity index (χ0v) is 20.1. The van der Waals surface area contributed by atoms with Crippen LogP contribution in [0.5, 0.6) is 11.5 Å². The third-order valence-corrected chi connectivity index (χ3v) is 7.46. The summed E-state index contributed by atoms with van der Waals surface area (Å²) in [5.74, 6) is 0.998. The first-order valence-corrected chi connectivity index (χ1v) is 12.7. The number of ether oxygens (including phenoxy) is 2. The number of anilines is 1. The zero-order chi connectivity index (χ0) is 23.5. The Kier molecular flexibility index (Phi) is 7.03. The minimum Gasteiger partial charge on any atom is -0.497 e. The van der Waals surface area contributed by atoms with Gasteiger partial charge in [-0.15, -0.1) is 0 Å². The van der Waals surface area contributed by atoms with Crippen molar-refractivity contribution >= 4 is 21.6 Å². The maximum Gasteiger partial charge on any atom is 0.244 e. The Bertz CT molecular complexity index is 1050. The second kappa shape index (κ2) is 9.40. The highest BCUT2D eigenvalue weighted by molar-refractivity contribution is 7.92. The van der Waals surface area contributed by atoms with E-state index in [1.54, 1.807) is 31.2 Å². The summed E-state index contributed by atoms with van der Waals surface area (Å²) >= 11 is 0. The number of methoxy groups -OCH3 is 1. The molecule has 0 spiro atoms. The van der Waals surface area contributed by atoms with Crippen molar-refractivity contribution in [2.75, 3.05) is 17.7 Å². The van der Waals surface area contributed by atoms with E-state index in [-0.39, 0.29) is 17.6 Å². The Balaban J connectivity index is 1.90. The van der Waals surface area contributed by atoms with Crippen LogP contribution < -0.4 is 19.1 Å². The molecule has 32 heavy (non-hydrogen) atoms. The smallest absolute Gasteiger partial charge is 0.244 e. The highest BCUT2D eigenvalue weighted by Gasteiger charge is 2.40. The number of sulfonamides is 1. The molecule has 0 radical (unpaired) electrons. The zero-order valence-electron chi connectivity index (χ0n) is 19.3. The van der Waals surface area contributed by atoms with Crippen LogP contribution in [0, 0.1) is 0 Å². The van der Waals surface area contributed by atoms with Gasteiger partial charge in [-0.25, -0.2) is 8.42 Å². The fraction of sp³-hybridized carbons (Fsp3) is 0.458. The van der Waals surface area contributed by atoms with Gasteiger partial charge in [0.05, 0.1) is 25.1 Å². The molecule has 7 nitrogen and oxygen atoms in total. The average molecular weight is 461 g/mol. The first kappa shape index (κ1) is 23.9. The Morgan fingerprint density at radius 3 is 2.38 bits per heavy atom. The molecule has 2 atom stereocenters. The van der Waals surface area contributed by atoms with E-state index in [2.05, 4.69) is 19.2 Å². The molecule has 0 aromatic heterocycles. The average Bonchev–Trinajstić information content (AvgIpc) is 2.78. The van der Waals surface area contributed by atoms with E-state index in [9.17, 15) is 13.2 Å². The van der Waals surface area contributed by atoms with Crippen LogP contribution in [0.25, 0.3) is 0 Å². The lowest BCUT2D eigenvalue weighted by molar-refractivity contribution is -0.123. The number of rotatable bonds is 8. The number of carbonyl (C=O) groups is 1. The second-order valence-electron chi connectivity index (χ2n) is 8.23. The van der Waals surface area contributed by atoms with Gasteiger partial charge in [-0.2, -0.15) is 0 Å². The predicted octanol–water partition coefficient (Wildman–Crippen LogP) is 4.05. The first-order valence-electron chi connectivity index (χ1n) is 10.9. The van der Waals surface area contributed by atoms with Crippen LogP contribution in [0.3, 0.4) is 0 Å². The number of carbonyl (C=O) groups excluding carboxylic acids is 1. The Hall–Kier alpha value is -2.74. The fourth-order valence-corrected chi connectivity index (χ4v) is 5.44. The molecule has 2 aromatic rings. The summed E-state index contributed by atoms with van der Waals surface area (Å²) in [5.41, 5.74) is 0.933. The minimum absolute atomic E-state index is 0.271. The van der Waals surface area contributed by atoms with Gasteiger partial charge in [-0.1, -0.05) is 32.0 Å². The SMILES string of the molecule is CCC1(CC)C[C@@H](NC(=O)[C@H](C)N(c2ccc(OC)cc2)S(C)(=O)=O)c2ccccc2O1. The van der Waals surface area contributed by atoms with Crippen LogP contribution in [-0.2, 0) is 14.8 Å². The summed E-state index contributed by atoms with van der Waals surface area (Å²) in [6, 6.07) is 13.1. The molecule has 1 aliphatic rings. The van der Waals surface area contributed by atoms with Gasteiger partial charge < -0.3 is 14.8 Å². The molecular weight excluding hydrogens is 428 g/mol. The number of fused-ring (bicyclic) bond motifs is 1. The van der Waals surface area contributed by atoms with Crippen LogP contribution in [-0.4, -0.2) is 39.3 Å². The quantitative estimate of drug-likeness (QED) is 0.642. The van der Waals surface area contributed by atoms with E-state index in [4.69, 9.17) is 9.47 Å². The summed E-state index contributed by atoms with van der Waals surface area (Å²) in [4.78, 5) is 13.3. The summed E-state index contributed by atoms with van der Waals surface area (Å²) in [7, 11) is -2.17. The van der Waals surface area contributed by atoms with Crippen molar-refractivity contribution in [2.24, 2.45) is 0 Å². The molecule has 0 saturated carbocycles. The molecule has 1 aliphatic heterocycles. The summed E-state index contributed by atoms with van der Waals surface area (Å²) < 4.78 is 37.8. The van der Waals surface area contributed by atoms with E-state index in [1.165, 1.54) is 7.11 Å². The number of amides is 1. The van der Waals surface area contributed by atoms with Crippen molar-refractivity contribution in [3.05, 3.63) is 54.1 Å². The monoisotopic (exact) mass is 460 g/mol. The second-order valence-corrected chi connectivity index (χ2v) is 10.1. The van der Waals surface area contributed by atoms with Crippen molar-refractivity contribution in [1.29, 1.82) is 0 Å². The molecule has 1 amide bonds. The fourth-order valence-electron chi connectivity index (χ4n) is 4.26. The van der Waals surface area contributed by atoms with E-state index in [0.29, 0.717) is 17.9 Å². The van der Waals surface area contributed by atoms with Gasteiger partial charge in [0, 0.05) is 12.0 Å². The molecular formula is C24H32N2O5S. The van der Waals surface area contributed by atoms with Crippen molar-refractivity contribution < 1.29 is 22.7 Å². The van der Waals surface area contributed by atoms with Crippen molar-refractivity contribution in [1.82, 2.24) is 5.32 Å². The van der Waals surface area contributed by atoms with E-state index in [1.807, 2.05) is 24.3 Å². The van der Waals surface area contributed by atoms with E-state index in [0.717, 1.165) is 34.7 Å². The van der Waals surface area contributed by atoms with Gasteiger partial charge >= 0.3 is 0 Å². The van der Waals surface area contributed by atoms with Crippen LogP contribution in [0.2, 0.25) is 0 Å². The third kappa shape index (κ3) is 4.85. The van der Waals surface area contributed by atoms with Crippen LogP contribution in [0.15, 0.2) is 48.5 Å². The van der Waals surface area contributed by atoms with Gasteiger partial charge in [-0.05, 0) is 50.1 Å². The number of nitrogens with zero attached hydrogens (tertiary/aromatic N) is 1. The molecule has 0 unspecified atom stereocenters. The number of benzene rings is 2. The molecule has 0 fully saturated rings. The van der Waals surface area contributed by atoms with Gasteiger partial charge in [0.25, 0.3) is 0 Å². The van der Waals surface area contributed by atoms with Crippen LogP contribution in [0.4, 0.5) is 5.69 Å². The van der Waals surface area contributed by atoms with Crippen LogP contribution in [0.1, 0.15) is 51.6 Å². The Labute approximate surface area is 190 Å². The van der Waals surface area contributed by atoms with Gasteiger partial charge in [-0.3, -0.25) is 9.10 Å². The van der Waals surface area contributed by atoms with Gasteiger partial charge in [0.2, 0.25) is 15.9 Å². The standard InChI is InChI=1S/C24H32N2O5S/c1-6-24(7-2)16-21(20-10-8-9-11-22(20)31-24)25-23(27)17(3)26(32(5,28)29)18-12-14-19(30-4)15-13-18/h8-15,17,21H,6-7,16H2,1-5H3,(H,25,27)/t17-,21+/m0/s1. The van der Waals surface area contributed by atoms with Gasteiger partial charge in [0.15, 0.2) is 0 Å². The number of para-hydroxylation sites is 1. The largest absolute Gasteiger partial charge is 0.497 e. The van der Waals surface area contributed by atoms with Crippen molar-refractivity contribution in [3.8, 4) is 11.5 Å². The van der Waals surface area contributed by atoms with E-state index < -0.39 is 16.1 Å². The lowest BCUT2D eigenvalue weighted by Crippen LogP contribution is -2.51. The molecule has 3 rings (SSSR count). The minimum atomic E-state index is -3.71. The molecule has 2 aromatic carbocycles. The maximum atomic E-state index is 13.3. The van der Waals surface area contributed by atoms with E-state index >= 15 is 0 Å². The molecule has 0 bridgehead atoms. The lowest BCUT2D eigenvalue weighted by Gasteiger charge is -2.42. The highest BCUT2D eigenvalue weighted by Crippen LogP contribution is 2.42. The number of hydrogen-bond acceptors (Lipinski definition) is 5. The van der Waals surface area contributed by atoms with Crippen LogP contribution >= 0.6 is 0 Å². The molecule has 0 saturated heterocycles. The molecule has 0 aliphatic carbocycles. The molecule has 1 N–H and O–H groups in total. The topological polar surface area (TPSA) is 84.9 Å². The number of hydrogen-bond donors (Lipinski definition) is 1.